The summed E-state index contributed by atoms with van der Waals surface area (Å²) >= 11 is 0. The molecule has 7 heteroatoms. The highest BCUT2D eigenvalue weighted by molar-refractivity contribution is 5.96. The summed E-state index contributed by atoms with van der Waals surface area (Å²) in [5.41, 5.74) is 9.01. The number of nitrogens with zero attached hydrogens (tertiary/aromatic N) is 3. The van der Waals surface area contributed by atoms with Crippen LogP contribution in [-0.2, 0) is 4.74 Å². The number of rotatable bonds is 6. The number of hydrogen-bond acceptors (Lipinski definition) is 6. The Balaban J connectivity index is 2.56. The van der Waals surface area contributed by atoms with Crippen molar-refractivity contribution in [3.8, 4) is 11.8 Å². The van der Waals surface area contributed by atoms with Gasteiger partial charge in [0, 0.05) is 30.7 Å². The van der Waals surface area contributed by atoms with E-state index in [1.54, 1.807) is 4.57 Å². The fraction of sp³-hybridized carbons (Fsp3) is 0.333. The molecular formula is C18H22N4O3. The van der Waals surface area contributed by atoms with Crippen LogP contribution in [0.3, 0.4) is 0 Å². The van der Waals surface area contributed by atoms with Gasteiger partial charge in [-0.2, -0.15) is 5.26 Å². The Morgan fingerprint density at radius 1 is 1.48 bits per heavy atom. The molecule has 0 spiro atoms. The maximum absolute atomic E-state index is 12.1. The molecule has 3 N–H and O–H groups in total. The number of carbonyl (C=O) groups is 1. The zero-order valence-electron chi connectivity index (χ0n) is 14.6. The minimum absolute atomic E-state index is 0.0702. The van der Waals surface area contributed by atoms with Gasteiger partial charge in [0.1, 0.15) is 6.07 Å². The molecule has 0 aliphatic rings. The summed E-state index contributed by atoms with van der Waals surface area (Å²) < 4.78 is 6.39. The molecule has 132 valence electrons. The molecule has 0 amide bonds. The minimum Gasteiger partial charge on any atom is -0.464 e. The Hall–Kier alpha value is -2.98. The van der Waals surface area contributed by atoms with Crippen LogP contribution in [0.4, 0.5) is 11.4 Å². The third-order valence-corrected chi connectivity index (χ3v) is 4.10. The van der Waals surface area contributed by atoms with Crippen molar-refractivity contribution < 1.29 is 14.6 Å². The second-order valence-electron chi connectivity index (χ2n) is 5.55. The molecule has 7 nitrogen and oxygen atoms in total. The van der Waals surface area contributed by atoms with Gasteiger partial charge in [-0.1, -0.05) is 0 Å². The van der Waals surface area contributed by atoms with E-state index in [-0.39, 0.29) is 23.6 Å². The van der Waals surface area contributed by atoms with Crippen molar-refractivity contribution in [1.29, 1.82) is 5.26 Å². The molecule has 2 rings (SSSR count). The van der Waals surface area contributed by atoms with Crippen molar-refractivity contribution in [1.82, 2.24) is 4.57 Å². The second kappa shape index (κ2) is 7.73. The third-order valence-electron chi connectivity index (χ3n) is 4.10. The number of nitrogen functional groups attached to an aromatic ring is 1. The number of benzene rings is 1. The second-order valence-corrected chi connectivity index (χ2v) is 5.55. The fourth-order valence-electron chi connectivity index (χ4n) is 2.80. The first kappa shape index (κ1) is 18.4. The van der Waals surface area contributed by atoms with Crippen LogP contribution in [0, 0.1) is 18.3 Å². The summed E-state index contributed by atoms with van der Waals surface area (Å²) in [6.45, 7) is 5.30. The molecule has 1 aromatic heterocycles. The molecule has 0 saturated heterocycles. The molecule has 2 aromatic rings. The van der Waals surface area contributed by atoms with Crippen molar-refractivity contribution >= 4 is 17.3 Å². The van der Waals surface area contributed by atoms with Crippen LogP contribution in [-0.4, -0.2) is 42.4 Å². The summed E-state index contributed by atoms with van der Waals surface area (Å²) in [4.78, 5) is 14.2. The lowest BCUT2D eigenvalue weighted by atomic mass is 10.1. The maximum Gasteiger partial charge on any atom is 0.357 e. The predicted molar refractivity (Wildman–Crippen MR) is 95.9 cm³/mol. The van der Waals surface area contributed by atoms with E-state index in [9.17, 15) is 15.2 Å². The third kappa shape index (κ3) is 3.44. The molecule has 1 heterocycles. The lowest BCUT2D eigenvalue weighted by Gasteiger charge is -2.23. The van der Waals surface area contributed by atoms with Gasteiger partial charge in [-0.15, -0.1) is 0 Å². The van der Waals surface area contributed by atoms with Crippen molar-refractivity contribution in [2.24, 2.45) is 0 Å². The Bertz CT molecular complexity index is 820. The molecular weight excluding hydrogens is 320 g/mol. The van der Waals surface area contributed by atoms with E-state index in [0.29, 0.717) is 6.54 Å². The maximum atomic E-state index is 12.1. The highest BCUT2D eigenvalue weighted by atomic mass is 16.5. The number of ether oxygens (including phenoxy) is 1. The van der Waals surface area contributed by atoms with Gasteiger partial charge in [-0.25, -0.2) is 4.79 Å². The van der Waals surface area contributed by atoms with Gasteiger partial charge in [0.2, 0.25) is 0 Å². The van der Waals surface area contributed by atoms with Crippen LogP contribution in [0.2, 0.25) is 0 Å². The SMILES string of the molecule is CCN(CCO)c1ccc(-n2cc(C#N)c(N)c2C(=O)OC)c(C)c1. The molecule has 0 saturated carbocycles. The van der Waals surface area contributed by atoms with Crippen LogP contribution in [0.25, 0.3) is 5.69 Å². The summed E-state index contributed by atoms with van der Waals surface area (Å²) in [6, 6.07) is 7.73. The Kier molecular flexibility index (Phi) is 5.67. The number of aryl methyl sites for hydroxylation is 1. The van der Waals surface area contributed by atoms with E-state index in [1.165, 1.54) is 13.3 Å². The van der Waals surface area contributed by atoms with E-state index in [0.717, 1.165) is 23.5 Å². The number of likely N-dealkylation sites (N-methyl/N-ethyl adjacent to an activating group) is 1. The average Bonchev–Trinajstić information content (AvgIpc) is 2.95. The Morgan fingerprint density at radius 2 is 2.20 bits per heavy atom. The van der Waals surface area contributed by atoms with E-state index in [1.807, 2.05) is 43.0 Å². The van der Waals surface area contributed by atoms with Crippen molar-refractivity contribution in [3.05, 3.63) is 41.2 Å². The van der Waals surface area contributed by atoms with Crippen LogP contribution < -0.4 is 10.6 Å². The molecule has 0 unspecified atom stereocenters. The molecule has 0 atom stereocenters. The van der Waals surface area contributed by atoms with E-state index >= 15 is 0 Å². The Labute approximate surface area is 146 Å². The molecule has 0 bridgehead atoms. The van der Waals surface area contributed by atoms with Crippen LogP contribution in [0.15, 0.2) is 24.4 Å². The largest absolute Gasteiger partial charge is 0.464 e. The molecule has 25 heavy (non-hydrogen) atoms. The number of aliphatic hydroxyl groups is 1. The van der Waals surface area contributed by atoms with Crippen molar-refractivity contribution in [2.75, 3.05) is 37.4 Å². The van der Waals surface area contributed by atoms with Crippen molar-refractivity contribution in [2.45, 2.75) is 13.8 Å². The molecule has 1 aromatic carbocycles. The van der Waals surface area contributed by atoms with Gasteiger partial charge >= 0.3 is 5.97 Å². The molecule has 0 aliphatic heterocycles. The first-order valence-corrected chi connectivity index (χ1v) is 7.94. The normalized spacial score (nSPS) is 10.4. The van der Waals surface area contributed by atoms with Gasteiger partial charge < -0.3 is 25.0 Å². The first-order chi connectivity index (χ1) is 12.0. The van der Waals surface area contributed by atoms with E-state index in [2.05, 4.69) is 0 Å². The predicted octanol–water partition coefficient (Wildman–Crippen LogP) is 1.84. The van der Waals surface area contributed by atoms with Gasteiger partial charge in [0.25, 0.3) is 0 Å². The zero-order chi connectivity index (χ0) is 18.6. The smallest absolute Gasteiger partial charge is 0.357 e. The van der Waals surface area contributed by atoms with Crippen LogP contribution in [0.5, 0.6) is 0 Å². The number of hydrogen-bond donors (Lipinski definition) is 2. The average molecular weight is 342 g/mol. The highest BCUT2D eigenvalue weighted by Crippen LogP contribution is 2.28. The first-order valence-electron chi connectivity index (χ1n) is 7.94. The number of esters is 1. The van der Waals surface area contributed by atoms with Crippen LogP contribution in [0.1, 0.15) is 28.5 Å². The van der Waals surface area contributed by atoms with Gasteiger partial charge in [-0.3, -0.25) is 0 Å². The molecule has 0 aliphatic carbocycles. The van der Waals surface area contributed by atoms with E-state index < -0.39 is 5.97 Å². The number of carbonyl (C=O) groups excluding carboxylic acids is 1. The lowest BCUT2D eigenvalue weighted by molar-refractivity contribution is 0.0593. The van der Waals surface area contributed by atoms with Gasteiger partial charge in [0.05, 0.1) is 25.0 Å². The summed E-state index contributed by atoms with van der Waals surface area (Å²) in [5.74, 6) is -0.599. The molecule has 0 fully saturated rings. The number of anilines is 2. The number of aromatic nitrogens is 1. The summed E-state index contributed by atoms with van der Waals surface area (Å²) in [5, 5.41) is 18.4. The highest BCUT2D eigenvalue weighted by Gasteiger charge is 2.22. The standard InChI is InChI=1S/C18H22N4O3/c1-4-21(7-8-23)14-5-6-15(12(2)9-14)22-11-13(10-19)16(20)17(22)18(24)25-3/h5-6,9,11,23H,4,7-8,20H2,1-3H3. The fourth-order valence-corrected chi connectivity index (χ4v) is 2.80. The van der Waals surface area contributed by atoms with Crippen LogP contribution >= 0.6 is 0 Å². The topological polar surface area (TPSA) is 105 Å². The number of nitriles is 1. The van der Waals surface area contributed by atoms with E-state index in [4.69, 9.17) is 10.5 Å². The Morgan fingerprint density at radius 3 is 2.72 bits per heavy atom. The minimum atomic E-state index is -0.599. The van der Waals surface area contributed by atoms with Gasteiger partial charge in [-0.05, 0) is 37.6 Å². The summed E-state index contributed by atoms with van der Waals surface area (Å²) in [7, 11) is 1.27. The summed E-state index contributed by atoms with van der Waals surface area (Å²) in [6.07, 6.45) is 1.54. The quantitative estimate of drug-likeness (QED) is 0.776. The number of aliphatic hydroxyl groups excluding tert-OH is 1. The number of nitrogens with two attached hydrogens (primary N) is 1. The van der Waals surface area contributed by atoms with Crippen molar-refractivity contribution in [3.63, 3.8) is 0 Å². The lowest BCUT2D eigenvalue weighted by Crippen LogP contribution is -2.26. The molecule has 0 radical (unpaired) electrons. The monoisotopic (exact) mass is 342 g/mol. The van der Waals surface area contributed by atoms with Gasteiger partial charge in [0.15, 0.2) is 5.69 Å². The zero-order valence-corrected chi connectivity index (χ0v) is 14.6. The number of methoxy groups -OCH3 is 1.